The maximum Gasteiger partial charge on any atom is 0.232 e. The van der Waals surface area contributed by atoms with E-state index in [1.807, 2.05) is 58.0 Å². The Kier molecular flexibility index (Phi) is 6.08. The van der Waals surface area contributed by atoms with Gasteiger partial charge in [0, 0.05) is 18.7 Å². The molecule has 2 aromatic carbocycles. The van der Waals surface area contributed by atoms with E-state index in [0.29, 0.717) is 5.69 Å². The number of carbonyl (C=O) groups is 1. The maximum absolute atomic E-state index is 12.3. The molecular weight excluding hydrogens is 348 g/mol. The first-order valence-electron chi connectivity index (χ1n) is 8.50. The number of nitrogens with one attached hydrogen (secondary N) is 1. The zero-order valence-corrected chi connectivity index (χ0v) is 16.8. The van der Waals surface area contributed by atoms with Crippen LogP contribution in [0.25, 0.3) is 0 Å². The molecule has 0 spiro atoms. The molecule has 0 atom stereocenters. The zero-order valence-electron chi connectivity index (χ0n) is 16.0. The highest BCUT2D eigenvalue weighted by Crippen LogP contribution is 2.22. The molecule has 6 heteroatoms. The standard InChI is InChI=1S/C20H26N2O3S/c1-14-6-8-18(12-16(14)3)21-20(23)10-11-22(26(5,24)25)19-9-7-15(2)17(4)13-19/h6-9,12-13H,10-11H2,1-5H3,(H,21,23). The second kappa shape index (κ2) is 7.91. The summed E-state index contributed by atoms with van der Waals surface area (Å²) in [6, 6.07) is 11.2. The molecular formula is C20H26N2O3S. The molecule has 2 aromatic rings. The normalized spacial score (nSPS) is 11.3. The van der Waals surface area contributed by atoms with E-state index < -0.39 is 10.0 Å². The molecule has 5 nitrogen and oxygen atoms in total. The zero-order chi connectivity index (χ0) is 19.5. The second-order valence-electron chi connectivity index (χ2n) is 6.70. The monoisotopic (exact) mass is 374 g/mol. The first kappa shape index (κ1) is 20.0. The van der Waals surface area contributed by atoms with Crippen molar-refractivity contribution in [1.29, 1.82) is 0 Å². The van der Waals surface area contributed by atoms with Crippen LogP contribution < -0.4 is 9.62 Å². The lowest BCUT2D eigenvalue weighted by Gasteiger charge is -2.23. The highest BCUT2D eigenvalue weighted by molar-refractivity contribution is 7.92. The van der Waals surface area contributed by atoms with E-state index in [9.17, 15) is 13.2 Å². The third-order valence-electron chi connectivity index (χ3n) is 4.51. The van der Waals surface area contributed by atoms with Crippen LogP contribution in [0.4, 0.5) is 11.4 Å². The summed E-state index contributed by atoms with van der Waals surface area (Å²) in [6.07, 6.45) is 1.23. The van der Waals surface area contributed by atoms with Gasteiger partial charge in [-0.1, -0.05) is 12.1 Å². The van der Waals surface area contributed by atoms with Crippen LogP contribution >= 0.6 is 0 Å². The van der Waals surface area contributed by atoms with Gasteiger partial charge in [0.15, 0.2) is 0 Å². The van der Waals surface area contributed by atoms with Gasteiger partial charge in [-0.2, -0.15) is 0 Å². The topological polar surface area (TPSA) is 66.5 Å². The fraction of sp³-hybridized carbons (Fsp3) is 0.350. The van der Waals surface area contributed by atoms with Crippen molar-refractivity contribution in [2.75, 3.05) is 22.4 Å². The number of sulfonamides is 1. The van der Waals surface area contributed by atoms with E-state index in [1.54, 1.807) is 6.07 Å². The van der Waals surface area contributed by atoms with Crippen molar-refractivity contribution in [3.05, 3.63) is 58.7 Å². The lowest BCUT2D eigenvalue weighted by atomic mass is 10.1. The molecule has 0 unspecified atom stereocenters. The van der Waals surface area contributed by atoms with E-state index in [2.05, 4.69) is 5.32 Å². The van der Waals surface area contributed by atoms with Gasteiger partial charge in [-0.15, -0.1) is 0 Å². The lowest BCUT2D eigenvalue weighted by Crippen LogP contribution is -2.33. The summed E-state index contributed by atoms with van der Waals surface area (Å²) in [5, 5.41) is 2.83. The van der Waals surface area contributed by atoms with Crippen LogP contribution in [0.3, 0.4) is 0 Å². The van der Waals surface area contributed by atoms with E-state index in [1.165, 1.54) is 4.31 Å². The molecule has 2 rings (SSSR count). The average molecular weight is 375 g/mol. The lowest BCUT2D eigenvalue weighted by molar-refractivity contribution is -0.116. The number of hydrogen-bond donors (Lipinski definition) is 1. The Bertz CT molecular complexity index is 921. The summed E-state index contributed by atoms with van der Waals surface area (Å²) in [5.74, 6) is -0.217. The molecule has 0 saturated heterocycles. The van der Waals surface area contributed by atoms with Gasteiger partial charge in [0.2, 0.25) is 15.9 Å². The van der Waals surface area contributed by atoms with Crippen LogP contribution in [-0.2, 0) is 14.8 Å². The highest BCUT2D eigenvalue weighted by atomic mass is 32.2. The molecule has 0 aliphatic rings. The van der Waals surface area contributed by atoms with Gasteiger partial charge in [-0.3, -0.25) is 9.10 Å². The van der Waals surface area contributed by atoms with Crippen LogP contribution in [-0.4, -0.2) is 27.1 Å². The van der Waals surface area contributed by atoms with Crippen molar-refractivity contribution >= 4 is 27.3 Å². The van der Waals surface area contributed by atoms with Crippen LogP contribution in [0.1, 0.15) is 28.7 Å². The Morgan fingerprint density at radius 1 is 0.923 bits per heavy atom. The van der Waals surface area contributed by atoms with Gasteiger partial charge < -0.3 is 5.32 Å². The minimum absolute atomic E-state index is 0.0763. The summed E-state index contributed by atoms with van der Waals surface area (Å²) in [5.41, 5.74) is 5.65. The Hall–Kier alpha value is -2.34. The van der Waals surface area contributed by atoms with Crippen LogP contribution in [0.15, 0.2) is 36.4 Å². The summed E-state index contributed by atoms with van der Waals surface area (Å²) in [7, 11) is -3.48. The number of carbonyl (C=O) groups excluding carboxylic acids is 1. The molecule has 0 heterocycles. The number of hydrogen-bond acceptors (Lipinski definition) is 3. The molecule has 1 N–H and O–H groups in total. The smallest absolute Gasteiger partial charge is 0.232 e. The Morgan fingerprint density at radius 3 is 2.04 bits per heavy atom. The summed E-state index contributed by atoms with van der Waals surface area (Å²) in [6.45, 7) is 8.00. The number of aryl methyl sites for hydroxylation is 4. The van der Waals surface area contributed by atoms with Crippen LogP contribution in [0, 0.1) is 27.7 Å². The number of benzene rings is 2. The van der Waals surface area contributed by atoms with E-state index in [0.717, 1.165) is 34.2 Å². The number of nitrogens with zero attached hydrogens (tertiary/aromatic N) is 1. The molecule has 140 valence electrons. The first-order chi connectivity index (χ1) is 12.1. The predicted octanol–water partition coefficient (Wildman–Crippen LogP) is 3.72. The van der Waals surface area contributed by atoms with Crippen molar-refractivity contribution in [2.24, 2.45) is 0 Å². The van der Waals surface area contributed by atoms with Crippen LogP contribution in [0.5, 0.6) is 0 Å². The molecule has 26 heavy (non-hydrogen) atoms. The van der Waals surface area contributed by atoms with E-state index >= 15 is 0 Å². The fourth-order valence-electron chi connectivity index (χ4n) is 2.61. The predicted molar refractivity (Wildman–Crippen MR) is 107 cm³/mol. The summed E-state index contributed by atoms with van der Waals surface area (Å²) in [4.78, 5) is 12.3. The van der Waals surface area contributed by atoms with Crippen molar-refractivity contribution in [2.45, 2.75) is 34.1 Å². The SMILES string of the molecule is Cc1ccc(NC(=O)CCN(c2ccc(C)c(C)c2)S(C)(=O)=O)cc1C. The Labute approximate surface area is 156 Å². The van der Waals surface area contributed by atoms with E-state index in [-0.39, 0.29) is 18.9 Å². The Morgan fingerprint density at radius 2 is 1.50 bits per heavy atom. The molecule has 0 bridgehead atoms. The molecule has 0 aliphatic heterocycles. The van der Waals surface area contributed by atoms with Crippen LogP contribution in [0.2, 0.25) is 0 Å². The molecule has 0 aromatic heterocycles. The highest BCUT2D eigenvalue weighted by Gasteiger charge is 2.19. The number of anilines is 2. The van der Waals surface area contributed by atoms with Gasteiger partial charge in [0.1, 0.15) is 0 Å². The van der Waals surface area contributed by atoms with Gasteiger partial charge >= 0.3 is 0 Å². The van der Waals surface area contributed by atoms with Gasteiger partial charge in [-0.05, 0) is 74.2 Å². The van der Waals surface area contributed by atoms with Gasteiger partial charge in [0.25, 0.3) is 0 Å². The third kappa shape index (κ3) is 5.08. The summed E-state index contributed by atoms with van der Waals surface area (Å²) < 4.78 is 25.6. The first-order valence-corrected chi connectivity index (χ1v) is 10.3. The van der Waals surface area contributed by atoms with Gasteiger partial charge in [-0.25, -0.2) is 8.42 Å². The fourth-order valence-corrected chi connectivity index (χ4v) is 3.53. The van der Waals surface area contributed by atoms with Crippen molar-refractivity contribution in [3.63, 3.8) is 0 Å². The second-order valence-corrected chi connectivity index (χ2v) is 8.61. The maximum atomic E-state index is 12.3. The van der Waals surface area contributed by atoms with Crippen molar-refractivity contribution in [3.8, 4) is 0 Å². The Balaban J connectivity index is 2.10. The molecule has 0 saturated carbocycles. The molecule has 1 amide bonds. The van der Waals surface area contributed by atoms with Gasteiger partial charge in [0.05, 0.1) is 11.9 Å². The minimum atomic E-state index is -3.48. The quantitative estimate of drug-likeness (QED) is 0.838. The average Bonchev–Trinajstić information content (AvgIpc) is 2.53. The molecule has 0 radical (unpaired) electrons. The van der Waals surface area contributed by atoms with E-state index in [4.69, 9.17) is 0 Å². The minimum Gasteiger partial charge on any atom is -0.326 e. The van der Waals surface area contributed by atoms with Crippen molar-refractivity contribution in [1.82, 2.24) is 0 Å². The number of amides is 1. The molecule has 0 aliphatic carbocycles. The largest absolute Gasteiger partial charge is 0.326 e. The van der Waals surface area contributed by atoms with Crippen molar-refractivity contribution < 1.29 is 13.2 Å². The molecule has 0 fully saturated rings. The summed E-state index contributed by atoms with van der Waals surface area (Å²) >= 11 is 0. The third-order valence-corrected chi connectivity index (χ3v) is 5.71. The number of rotatable bonds is 6.